The van der Waals surface area contributed by atoms with Crippen LogP contribution in [0.3, 0.4) is 0 Å². The molecule has 2 aromatic heterocycles. The molecule has 6 nitrogen and oxygen atoms in total. The second-order valence-electron chi connectivity index (χ2n) is 5.66. The quantitative estimate of drug-likeness (QED) is 0.746. The lowest BCUT2D eigenvalue weighted by Crippen LogP contribution is -2.28. The summed E-state index contributed by atoms with van der Waals surface area (Å²) in [5, 5.41) is 8.49. The maximum absolute atomic E-state index is 12.3. The molecule has 23 heavy (non-hydrogen) atoms. The van der Waals surface area contributed by atoms with Crippen LogP contribution >= 0.6 is 0 Å². The summed E-state index contributed by atoms with van der Waals surface area (Å²) in [5.41, 5.74) is 2.49. The van der Waals surface area contributed by atoms with E-state index in [4.69, 9.17) is 4.42 Å². The number of aromatic nitrogens is 3. The number of carbonyl (C=O) groups excluding carboxylic acids is 1. The van der Waals surface area contributed by atoms with Gasteiger partial charge in [0.1, 0.15) is 12.0 Å². The molecule has 4 rings (SSSR count). The van der Waals surface area contributed by atoms with Gasteiger partial charge in [0, 0.05) is 18.7 Å². The van der Waals surface area contributed by atoms with Crippen LogP contribution in [0.4, 0.5) is 0 Å². The third-order valence-corrected chi connectivity index (χ3v) is 4.17. The first-order valence-electron chi connectivity index (χ1n) is 7.60. The third-order valence-electron chi connectivity index (χ3n) is 4.17. The van der Waals surface area contributed by atoms with Crippen molar-refractivity contribution in [3.05, 3.63) is 60.7 Å². The number of hydrogen-bond donors (Lipinski definition) is 0. The lowest BCUT2D eigenvalue weighted by atomic mass is 10.2. The van der Waals surface area contributed by atoms with E-state index in [1.165, 1.54) is 12.5 Å². The zero-order valence-corrected chi connectivity index (χ0v) is 12.5. The van der Waals surface area contributed by atoms with Crippen LogP contribution in [-0.4, -0.2) is 38.9 Å². The number of nitrogens with zero attached hydrogens (tertiary/aromatic N) is 4. The van der Waals surface area contributed by atoms with Gasteiger partial charge in [-0.3, -0.25) is 4.79 Å². The number of likely N-dealkylation sites (tertiary alicyclic amines) is 1. The minimum atomic E-state index is 0.00430. The molecule has 6 heteroatoms. The first kappa shape index (κ1) is 13.8. The Morgan fingerprint density at radius 1 is 1.22 bits per heavy atom. The van der Waals surface area contributed by atoms with E-state index in [1.54, 1.807) is 6.07 Å². The summed E-state index contributed by atoms with van der Waals surface area (Å²) >= 11 is 0. The van der Waals surface area contributed by atoms with Crippen molar-refractivity contribution in [3.63, 3.8) is 0 Å². The maximum atomic E-state index is 12.3. The third kappa shape index (κ3) is 2.63. The Labute approximate surface area is 133 Å². The lowest BCUT2D eigenvalue weighted by Gasteiger charge is -2.15. The number of hydrogen-bond acceptors (Lipinski definition) is 4. The van der Waals surface area contributed by atoms with Gasteiger partial charge in [0.05, 0.1) is 24.1 Å². The molecule has 0 saturated carbocycles. The molecule has 0 N–H and O–H groups in total. The first-order valence-corrected chi connectivity index (χ1v) is 7.60. The first-order chi connectivity index (χ1) is 11.3. The molecule has 1 saturated heterocycles. The van der Waals surface area contributed by atoms with E-state index in [0.29, 0.717) is 12.1 Å². The summed E-state index contributed by atoms with van der Waals surface area (Å²) < 4.78 is 6.85. The summed E-state index contributed by atoms with van der Waals surface area (Å²) in [7, 11) is 0. The van der Waals surface area contributed by atoms with Crippen molar-refractivity contribution in [2.75, 3.05) is 13.1 Å². The van der Waals surface area contributed by atoms with Gasteiger partial charge in [0.15, 0.2) is 0 Å². The Balaban J connectivity index is 1.48. The molecular weight excluding hydrogens is 292 g/mol. The summed E-state index contributed by atoms with van der Waals surface area (Å²) in [6.07, 6.45) is 5.83. The maximum Gasteiger partial charge on any atom is 0.257 e. The topological polar surface area (TPSA) is 64.2 Å². The molecule has 1 aliphatic rings. The van der Waals surface area contributed by atoms with Gasteiger partial charge in [0.2, 0.25) is 0 Å². The average molecular weight is 308 g/mol. The lowest BCUT2D eigenvalue weighted by molar-refractivity contribution is 0.0786. The fourth-order valence-electron chi connectivity index (χ4n) is 2.91. The molecule has 1 aliphatic heterocycles. The summed E-state index contributed by atoms with van der Waals surface area (Å²) in [4.78, 5) is 14.2. The van der Waals surface area contributed by atoms with Crippen molar-refractivity contribution in [3.8, 4) is 11.3 Å². The highest BCUT2D eigenvalue weighted by Gasteiger charge is 2.29. The molecular formula is C17H16N4O2. The van der Waals surface area contributed by atoms with Crippen LogP contribution in [0.15, 0.2) is 59.5 Å². The predicted octanol–water partition coefficient (Wildman–Crippen LogP) is 2.63. The predicted molar refractivity (Wildman–Crippen MR) is 83.7 cm³/mol. The summed E-state index contributed by atoms with van der Waals surface area (Å²) in [6, 6.07) is 11.8. The van der Waals surface area contributed by atoms with Crippen LogP contribution in [-0.2, 0) is 0 Å². The van der Waals surface area contributed by atoms with Gasteiger partial charge in [-0.1, -0.05) is 35.5 Å². The number of benzene rings is 1. The molecule has 0 bridgehead atoms. The van der Waals surface area contributed by atoms with Gasteiger partial charge >= 0.3 is 0 Å². The fourth-order valence-corrected chi connectivity index (χ4v) is 2.91. The van der Waals surface area contributed by atoms with Crippen LogP contribution < -0.4 is 0 Å². The Hall–Kier alpha value is -2.89. The zero-order valence-electron chi connectivity index (χ0n) is 12.5. The van der Waals surface area contributed by atoms with Crippen LogP contribution in [0.1, 0.15) is 22.8 Å². The van der Waals surface area contributed by atoms with E-state index < -0.39 is 0 Å². The van der Waals surface area contributed by atoms with Crippen LogP contribution in [0, 0.1) is 0 Å². The minimum absolute atomic E-state index is 0.00430. The second-order valence-corrected chi connectivity index (χ2v) is 5.66. The molecule has 1 amide bonds. The standard InChI is InChI=1S/C17H16N4O2/c22-17(14-7-9-23-12-14)20-8-6-15(10-20)21-11-16(18-19-21)13-4-2-1-3-5-13/h1-5,7,9,11-12,15H,6,8,10H2/t15-/m1/s1. The van der Waals surface area contributed by atoms with E-state index in [-0.39, 0.29) is 11.9 Å². The van der Waals surface area contributed by atoms with Gasteiger partial charge < -0.3 is 9.32 Å². The number of carbonyl (C=O) groups is 1. The largest absolute Gasteiger partial charge is 0.472 e. The van der Waals surface area contributed by atoms with Crippen LogP contribution in [0.5, 0.6) is 0 Å². The zero-order chi connectivity index (χ0) is 15.6. The van der Waals surface area contributed by atoms with E-state index in [1.807, 2.05) is 46.1 Å². The molecule has 3 heterocycles. The van der Waals surface area contributed by atoms with Crippen molar-refractivity contribution in [1.29, 1.82) is 0 Å². The number of furan rings is 1. The molecule has 116 valence electrons. The molecule has 1 aromatic carbocycles. The Kier molecular flexibility index (Phi) is 3.42. The molecule has 0 radical (unpaired) electrons. The van der Waals surface area contributed by atoms with Crippen molar-refractivity contribution in [2.24, 2.45) is 0 Å². The van der Waals surface area contributed by atoms with Gasteiger partial charge in [-0.25, -0.2) is 4.68 Å². The van der Waals surface area contributed by atoms with Crippen molar-refractivity contribution < 1.29 is 9.21 Å². The molecule has 0 unspecified atom stereocenters. The van der Waals surface area contributed by atoms with E-state index in [9.17, 15) is 4.79 Å². The van der Waals surface area contributed by atoms with Gasteiger partial charge in [0.25, 0.3) is 5.91 Å². The minimum Gasteiger partial charge on any atom is -0.472 e. The van der Waals surface area contributed by atoms with Gasteiger partial charge in [-0.2, -0.15) is 0 Å². The summed E-state index contributed by atoms with van der Waals surface area (Å²) in [6.45, 7) is 1.36. The molecule has 1 atom stereocenters. The van der Waals surface area contributed by atoms with E-state index in [0.717, 1.165) is 24.2 Å². The SMILES string of the molecule is O=C(c1ccoc1)N1CC[C@@H](n2cc(-c3ccccc3)nn2)C1. The Morgan fingerprint density at radius 2 is 2.09 bits per heavy atom. The van der Waals surface area contributed by atoms with Crippen molar-refractivity contribution in [1.82, 2.24) is 19.9 Å². The highest BCUT2D eigenvalue weighted by atomic mass is 16.3. The molecule has 3 aromatic rings. The summed E-state index contributed by atoms with van der Waals surface area (Å²) in [5.74, 6) is 0.00430. The molecule has 0 spiro atoms. The second kappa shape index (κ2) is 5.72. The van der Waals surface area contributed by atoms with E-state index >= 15 is 0 Å². The van der Waals surface area contributed by atoms with Gasteiger partial charge in [-0.05, 0) is 12.5 Å². The van der Waals surface area contributed by atoms with Crippen molar-refractivity contribution >= 4 is 5.91 Å². The Morgan fingerprint density at radius 3 is 2.87 bits per heavy atom. The van der Waals surface area contributed by atoms with Crippen LogP contribution in [0.2, 0.25) is 0 Å². The van der Waals surface area contributed by atoms with Crippen LogP contribution in [0.25, 0.3) is 11.3 Å². The van der Waals surface area contributed by atoms with Gasteiger partial charge in [-0.15, -0.1) is 5.10 Å². The fraction of sp³-hybridized carbons (Fsp3) is 0.235. The monoisotopic (exact) mass is 308 g/mol. The van der Waals surface area contributed by atoms with Crippen molar-refractivity contribution in [2.45, 2.75) is 12.5 Å². The highest BCUT2D eigenvalue weighted by molar-refractivity contribution is 5.94. The number of amides is 1. The smallest absolute Gasteiger partial charge is 0.257 e. The number of rotatable bonds is 3. The molecule has 1 fully saturated rings. The highest BCUT2D eigenvalue weighted by Crippen LogP contribution is 2.24. The van der Waals surface area contributed by atoms with E-state index in [2.05, 4.69) is 10.3 Å². The normalized spacial score (nSPS) is 17.6. The average Bonchev–Trinajstić information content (AvgIpc) is 3.35. The molecule has 0 aliphatic carbocycles. The Bertz CT molecular complexity index is 795.